The van der Waals surface area contributed by atoms with Crippen molar-refractivity contribution >= 4 is 37.5 Å². The Balaban J connectivity index is 1.73. The van der Waals surface area contributed by atoms with E-state index >= 15 is 0 Å². The summed E-state index contributed by atoms with van der Waals surface area (Å²) in [5, 5.41) is 0.0886. The molecule has 4 heterocycles. The molecule has 31 heavy (non-hydrogen) atoms. The monoisotopic (exact) mass is 468 g/mol. The van der Waals surface area contributed by atoms with Gasteiger partial charge in [0.25, 0.3) is 5.56 Å². The molecular weight excluding hydrogens is 440 g/mol. The molecule has 2 saturated heterocycles. The summed E-state index contributed by atoms with van der Waals surface area (Å²) in [5.74, 6) is 0.302. The maximum absolute atomic E-state index is 13.6. The van der Waals surface area contributed by atoms with Crippen molar-refractivity contribution in [1.29, 1.82) is 0 Å². The number of sulfonamides is 1. The number of carbonyl (C=O) groups excluding carboxylic acids is 1. The van der Waals surface area contributed by atoms with E-state index in [0.717, 1.165) is 6.42 Å². The van der Waals surface area contributed by atoms with Crippen LogP contribution < -0.4 is 5.56 Å². The van der Waals surface area contributed by atoms with Gasteiger partial charge in [-0.1, -0.05) is 13.8 Å². The van der Waals surface area contributed by atoms with Crippen LogP contribution in [-0.2, 0) is 26.1 Å². The Kier molecular flexibility index (Phi) is 6.21. The average Bonchev–Trinajstić information content (AvgIpc) is 3.07. The zero-order valence-corrected chi connectivity index (χ0v) is 19.7. The maximum atomic E-state index is 13.6. The fourth-order valence-electron chi connectivity index (χ4n) is 4.53. The SMILES string of the molecule is Cc1sc2ncn(CC(=O)N3CCOCC3)c(=O)c2c1S(=O)(=O)N1C[C@@H](C)C[C@H](C)C1. The topological polar surface area (TPSA) is 102 Å². The first kappa shape index (κ1) is 22.4. The molecule has 0 N–H and O–H groups in total. The zero-order valence-electron chi connectivity index (χ0n) is 18.0. The van der Waals surface area contributed by atoms with Gasteiger partial charge >= 0.3 is 0 Å². The van der Waals surface area contributed by atoms with Gasteiger partial charge in [-0.15, -0.1) is 11.3 Å². The Bertz CT molecular complexity index is 1140. The number of hydrogen-bond donors (Lipinski definition) is 0. The minimum absolute atomic E-state index is 0.0412. The van der Waals surface area contributed by atoms with Gasteiger partial charge in [0.15, 0.2) is 0 Å². The highest BCUT2D eigenvalue weighted by molar-refractivity contribution is 7.89. The number of hydrogen-bond acceptors (Lipinski definition) is 7. The van der Waals surface area contributed by atoms with Gasteiger partial charge in [-0.05, 0) is 25.2 Å². The second-order valence-electron chi connectivity index (χ2n) is 8.61. The number of amides is 1. The summed E-state index contributed by atoms with van der Waals surface area (Å²) >= 11 is 1.20. The third-order valence-corrected chi connectivity index (χ3v) is 9.05. The number of aromatic nitrogens is 2. The van der Waals surface area contributed by atoms with Crippen molar-refractivity contribution in [2.75, 3.05) is 39.4 Å². The van der Waals surface area contributed by atoms with Crippen LogP contribution in [0.2, 0.25) is 0 Å². The first-order chi connectivity index (χ1) is 14.7. The van der Waals surface area contributed by atoms with E-state index in [1.165, 1.54) is 26.5 Å². The van der Waals surface area contributed by atoms with Gasteiger partial charge in [-0.2, -0.15) is 4.31 Å². The molecule has 2 atom stereocenters. The molecule has 0 saturated carbocycles. The van der Waals surface area contributed by atoms with Crippen LogP contribution in [0.25, 0.3) is 10.2 Å². The Hall–Kier alpha value is -1.82. The molecule has 0 aliphatic carbocycles. The van der Waals surface area contributed by atoms with Gasteiger partial charge in [0.1, 0.15) is 16.3 Å². The summed E-state index contributed by atoms with van der Waals surface area (Å²) in [6.07, 6.45) is 2.31. The summed E-state index contributed by atoms with van der Waals surface area (Å²) in [5.41, 5.74) is -0.493. The molecule has 0 radical (unpaired) electrons. The number of fused-ring (bicyclic) bond motifs is 1. The minimum Gasteiger partial charge on any atom is -0.378 e. The molecule has 2 aliphatic rings. The molecular formula is C20H28N4O5S2. The largest absolute Gasteiger partial charge is 0.378 e. The van der Waals surface area contributed by atoms with Crippen molar-refractivity contribution in [2.45, 2.75) is 38.6 Å². The number of ether oxygens (including phenoxy) is 1. The van der Waals surface area contributed by atoms with Gasteiger partial charge in [0.05, 0.1) is 24.9 Å². The van der Waals surface area contributed by atoms with Crippen LogP contribution in [-0.4, -0.2) is 72.5 Å². The first-order valence-corrected chi connectivity index (χ1v) is 12.8. The number of aryl methyl sites for hydroxylation is 1. The van der Waals surface area contributed by atoms with Gasteiger partial charge in [0.2, 0.25) is 15.9 Å². The number of carbonyl (C=O) groups is 1. The average molecular weight is 469 g/mol. The van der Waals surface area contributed by atoms with E-state index in [2.05, 4.69) is 4.98 Å². The van der Waals surface area contributed by atoms with E-state index in [-0.39, 0.29) is 34.6 Å². The minimum atomic E-state index is -3.85. The van der Waals surface area contributed by atoms with Crippen molar-refractivity contribution in [2.24, 2.45) is 11.8 Å². The summed E-state index contributed by atoms with van der Waals surface area (Å²) in [4.78, 5) is 32.8. The van der Waals surface area contributed by atoms with Crippen molar-refractivity contribution in [3.63, 3.8) is 0 Å². The summed E-state index contributed by atoms with van der Waals surface area (Å²) in [6.45, 7) is 8.39. The number of rotatable bonds is 4. The van der Waals surface area contributed by atoms with E-state index in [4.69, 9.17) is 4.74 Å². The highest BCUT2D eigenvalue weighted by Crippen LogP contribution is 2.35. The fourth-order valence-corrected chi connectivity index (χ4v) is 7.87. The number of piperidine rings is 1. The van der Waals surface area contributed by atoms with Crippen LogP contribution in [0.4, 0.5) is 0 Å². The molecule has 1 amide bonds. The molecule has 0 aromatic carbocycles. The number of morpholine rings is 1. The lowest BCUT2D eigenvalue weighted by Gasteiger charge is -2.34. The zero-order chi connectivity index (χ0) is 22.3. The number of thiophene rings is 1. The van der Waals surface area contributed by atoms with E-state index in [9.17, 15) is 18.0 Å². The van der Waals surface area contributed by atoms with Crippen LogP contribution in [0.3, 0.4) is 0 Å². The molecule has 2 aromatic heterocycles. The van der Waals surface area contributed by atoms with Gasteiger partial charge in [0, 0.05) is 31.1 Å². The molecule has 0 spiro atoms. The molecule has 0 bridgehead atoms. The third kappa shape index (κ3) is 4.28. The maximum Gasteiger partial charge on any atom is 0.263 e. The quantitative estimate of drug-likeness (QED) is 0.670. The van der Waals surface area contributed by atoms with Crippen molar-refractivity contribution in [3.8, 4) is 0 Å². The molecule has 170 valence electrons. The Morgan fingerprint density at radius 2 is 1.87 bits per heavy atom. The molecule has 4 rings (SSSR count). The second-order valence-corrected chi connectivity index (χ2v) is 11.7. The van der Waals surface area contributed by atoms with Crippen LogP contribution in [0.5, 0.6) is 0 Å². The molecule has 2 fully saturated rings. The lowest BCUT2D eigenvalue weighted by atomic mass is 9.94. The van der Waals surface area contributed by atoms with E-state index < -0.39 is 15.6 Å². The Labute approximate surface area is 185 Å². The smallest absolute Gasteiger partial charge is 0.263 e. The Morgan fingerprint density at radius 1 is 1.23 bits per heavy atom. The summed E-state index contributed by atoms with van der Waals surface area (Å²) < 4.78 is 35.1. The Morgan fingerprint density at radius 3 is 2.52 bits per heavy atom. The predicted octanol–water partition coefficient (Wildman–Crippen LogP) is 1.29. The second kappa shape index (κ2) is 8.61. The van der Waals surface area contributed by atoms with Crippen LogP contribution >= 0.6 is 11.3 Å². The van der Waals surface area contributed by atoms with Gasteiger partial charge in [-0.25, -0.2) is 13.4 Å². The molecule has 9 nitrogen and oxygen atoms in total. The molecule has 11 heteroatoms. The standard InChI is InChI=1S/C20H28N4O5S2/c1-13-8-14(2)10-24(9-13)31(27,28)18-15(3)30-19-17(18)20(26)23(12-21-19)11-16(25)22-4-6-29-7-5-22/h12-14H,4-11H2,1-3H3/t13-,14-/m0/s1. The summed E-state index contributed by atoms with van der Waals surface area (Å²) in [7, 11) is -3.85. The van der Waals surface area contributed by atoms with Crippen molar-refractivity contribution in [1.82, 2.24) is 18.8 Å². The fraction of sp³-hybridized carbons (Fsp3) is 0.650. The van der Waals surface area contributed by atoms with E-state index in [1.54, 1.807) is 11.8 Å². The van der Waals surface area contributed by atoms with Gasteiger partial charge < -0.3 is 9.64 Å². The molecule has 0 unspecified atom stereocenters. The van der Waals surface area contributed by atoms with Gasteiger partial charge in [-0.3, -0.25) is 14.2 Å². The van der Waals surface area contributed by atoms with Crippen LogP contribution in [0, 0.1) is 18.8 Å². The third-order valence-electron chi connectivity index (χ3n) is 5.90. The van der Waals surface area contributed by atoms with Crippen molar-refractivity contribution in [3.05, 3.63) is 21.6 Å². The lowest BCUT2D eigenvalue weighted by molar-refractivity contribution is -0.135. The highest BCUT2D eigenvalue weighted by atomic mass is 32.2. The van der Waals surface area contributed by atoms with E-state index in [1.807, 2.05) is 13.8 Å². The van der Waals surface area contributed by atoms with Crippen molar-refractivity contribution < 1.29 is 17.9 Å². The van der Waals surface area contributed by atoms with Crippen LogP contribution in [0.15, 0.2) is 16.0 Å². The highest BCUT2D eigenvalue weighted by Gasteiger charge is 2.36. The van der Waals surface area contributed by atoms with Crippen LogP contribution in [0.1, 0.15) is 25.1 Å². The normalized spacial score (nSPS) is 23.4. The first-order valence-electron chi connectivity index (χ1n) is 10.5. The molecule has 2 aromatic rings. The van der Waals surface area contributed by atoms with E-state index in [0.29, 0.717) is 49.1 Å². The number of nitrogens with zero attached hydrogens (tertiary/aromatic N) is 4. The summed E-state index contributed by atoms with van der Waals surface area (Å²) in [6, 6.07) is 0. The predicted molar refractivity (Wildman–Crippen MR) is 118 cm³/mol. The molecule has 2 aliphatic heterocycles. The lowest BCUT2D eigenvalue weighted by Crippen LogP contribution is -2.44.